The molecule has 1 saturated carbocycles. The van der Waals surface area contributed by atoms with Gasteiger partial charge in [0.25, 0.3) is 5.69 Å². The average Bonchev–Trinajstić information content (AvgIpc) is 2.43. The van der Waals surface area contributed by atoms with Gasteiger partial charge < -0.3 is 10.4 Å². The van der Waals surface area contributed by atoms with Crippen molar-refractivity contribution in [3.8, 4) is 0 Å². The van der Waals surface area contributed by atoms with Gasteiger partial charge in [0.2, 0.25) is 0 Å². The van der Waals surface area contributed by atoms with Crippen molar-refractivity contribution in [2.75, 3.05) is 11.9 Å². The number of hydrogen-bond acceptors (Lipinski definition) is 4. The second kappa shape index (κ2) is 5.75. The zero-order valence-electron chi connectivity index (χ0n) is 11.4. The highest BCUT2D eigenvalue weighted by Crippen LogP contribution is 2.36. The van der Waals surface area contributed by atoms with Gasteiger partial charge >= 0.3 is 0 Å². The first-order valence-electron chi connectivity index (χ1n) is 6.79. The fourth-order valence-electron chi connectivity index (χ4n) is 2.68. The maximum Gasteiger partial charge on any atom is 0.295 e. The van der Waals surface area contributed by atoms with Crippen molar-refractivity contribution in [3.63, 3.8) is 0 Å². The Balaban J connectivity index is 2.26. The summed E-state index contributed by atoms with van der Waals surface area (Å²) in [6.45, 7) is 2.07. The molecule has 5 nitrogen and oxygen atoms in total. The second-order valence-electron chi connectivity index (χ2n) is 5.66. The van der Waals surface area contributed by atoms with Crippen molar-refractivity contribution in [2.24, 2.45) is 5.92 Å². The SMILES string of the molecule is CC1CCC(CO)(Nc2ccc(F)cc2[N+](=O)[O-])CC1. The molecule has 20 heavy (non-hydrogen) atoms. The minimum Gasteiger partial charge on any atom is -0.394 e. The van der Waals surface area contributed by atoms with Crippen molar-refractivity contribution in [2.45, 2.75) is 38.1 Å². The van der Waals surface area contributed by atoms with E-state index in [0.29, 0.717) is 5.92 Å². The minimum absolute atomic E-state index is 0.0890. The molecule has 0 aromatic heterocycles. The van der Waals surface area contributed by atoms with Crippen molar-refractivity contribution >= 4 is 11.4 Å². The van der Waals surface area contributed by atoms with E-state index in [1.165, 1.54) is 12.1 Å². The Morgan fingerprint density at radius 1 is 1.50 bits per heavy atom. The molecule has 0 amide bonds. The highest BCUT2D eigenvalue weighted by atomic mass is 19.1. The van der Waals surface area contributed by atoms with Crippen molar-refractivity contribution in [1.29, 1.82) is 0 Å². The van der Waals surface area contributed by atoms with Crippen molar-refractivity contribution in [3.05, 3.63) is 34.1 Å². The lowest BCUT2D eigenvalue weighted by Crippen LogP contribution is -2.45. The van der Waals surface area contributed by atoms with E-state index in [0.717, 1.165) is 31.7 Å². The number of aliphatic hydroxyl groups excluding tert-OH is 1. The number of rotatable bonds is 4. The molecular weight excluding hydrogens is 263 g/mol. The fraction of sp³-hybridized carbons (Fsp3) is 0.571. The summed E-state index contributed by atoms with van der Waals surface area (Å²) >= 11 is 0. The van der Waals surface area contributed by atoms with Crippen LogP contribution in [0.4, 0.5) is 15.8 Å². The summed E-state index contributed by atoms with van der Waals surface area (Å²) in [5.41, 5.74) is -0.578. The minimum atomic E-state index is -0.641. The Morgan fingerprint density at radius 2 is 2.15 bits per heavy atom. The number of nitro groups is 1. The van der Waals surface area contributed by atoms with Gasteiger partial charge in [-0.1, -0.05) is 6.92 Å². The molecule has 0 aliphatic heterocycles. The third-order valence-corrected chi connectivity index (χ3v) is 4.09. The molecule has 0 radical (unpaired) electrons. The first-order chi connectivity index (χ1) is 9.46. The molecule has 110 valence electrons. The molecule has 1 fully saturated rings. The smallest absolute Gasteiger partial charge is 0.295 e. The predicted octanol–water partition coefficient (Wildman–Crippen LogP) is 3.09. The monoisotopic (exact) mass is 282 g/mol. The molecule has 1 aromatic carbocycles. The van der Waals surface area contributed by atoms with Gasteiger partial charge in [-0.05, 0) is 43.7 Å². The molecule has 0 heterocycles. The van der Waals surface area contributed by atoms with Gasteiger partial charge in [-0.25, -0.2) is 4.39 Å². The molecule has 6 heteroatoms. The lowest BCUT2D eigenvalue weighted by molar-refractivity contribution is -0.384. The van der Waals surface area contributed by atoms with Crippen LogP contribution in [0.15, 0.2) is 18.2 Å². The molecule has 0 atom stereocenters. The van der Waals surface area contributed by atoms with E-state index in [9.17, 15) is 19.6 Å². The maximum absolute atomic E-state index is 13.1. The van der Waals surface area contributed by atoms with Gasteiger partial charge in [-0.15, -0.1) is 0 Å². The average molecular weight is 282 g/mol. The van der Waals surface area contributed by atoms with Crippen molar-refractivity contribution in [1.82, 2.24) is 0 Å². The lowest BCUT2D eigenvalue weighted by atomic mass is 9.77. The van der Waals surface area contributed by atoms with Crippen LogP contribution in [-0.4, -0.2) is 22.2 Å². The number of aliphatic hydroxyl groups is 1. The van der Waals surface area contributed by atoms with Crippen LogP contribution in [0.1, 0.15) is 32.6 Å². The van der Waals surface area contributed by atoms with Crippen LogP contribution in [0.25, 0.3) is 0 Å². The number of nitrogens with zero attached hydrogens (tertiary/aromatic N) is 1. The van der Waals surface area contributed by atoms with Gasteiger partial charge in [-0.2, -0.15) is 0 Å². The number of anilines is 1. The summed E-state index contributed by atoms with van der Waals surface area (Å²) in [6.07, 6.45) is 3.42. The van der Waals surface area contributed by atoms with Crippen LogP contribution in [0.3, 0.4) is 0 Å². The van der Waals surface area contributed by atoms with Gasteiger partial charge in [0.1, 0.15) is 11.5 Å². The van der Waals surface area contributed by atoms with Gasteiger partial charge in [-0.3, -0.25) is 10.1 Å². The number of nitro benzene ring substituents is 1. The van der Waals surface area contributed by atoms with Gasteiger partial charge in [0, 0.05) is 0 Å². The maximum atomic E-state index is 13.1. The molecule has 0 bridgehead atoms. The number of nitrogens with one attached hydrogen (secondary N) is 1. The third kappa shape index (κ3) is 3.07. The normalized spacial score (nSPS) is 26.2. The van der Waals surface area contributed by atoms with Crippen LogP contribution in [-0.2, 0) is 0 Å². The Morgan fingerprint density at radius 3 is 2.70 bits per heavy atom. The fourth-order valence-corrected chi connectivity index (χ4v) is 2.68. The Labute approximate surface area is 117 Å². The van der Waals surface area contributed by atoms with Crippen LogP contribution < -0.4 is 5.32 Å². The molecule has 2 N–H and O–H groups in total. The van der Waals surface area contributed by atoms with E-state index in [-0.39, 0.29) is 18.0 Å². The van der Waals surface area contributed by atoms with Crippen LogP contribution in [0, 0.1) is 21.8 Å². The molecular formula is C14H19FN2O3. The van der Waals surface area contributed by atoms with E-state index >= 15 is 0 Å². The number of halogens is 1. The number of hydrogen-bond donors (Lipinski definition) is 2. The summed E-state index contributed by atoms with van der Waals surface area (Å²) in [7, 11) is 0. The molecule has 0 unspecified atom stereocenters. The first-order valence-corrected chi connectivity index (χ1v) is 6.79. The van der Waals surface area contributed by atoms with Crippen molar-refractivity contribution < 1.29 is 14.4 Å². The molecule has 0 spiro atoms. The Kier molecular flexibility index (Phi) is 4.23. The van der Waals surface area contributed by atoms with Crippen LogP contribution in [0.2, 0.25) is 0 Å². The van der Waals surface area contributed by atoms with E-state index in [2.05, 4.69) is 12.2 Å². The molecule has 1 aromatic rings. The van der Waals surface area contributed by atoms with E-state index in [1.807, 2.05) is 0 Å². The zero-order valence-corrected chi connectivity index (χ0v) is 11.4. The molecule has 2 rings (SSSR count). The van der Waals surface area contributed by atoms with Crippen LogP contribution in [0.5, 0.6) is 0 Å². The predicted molar refractivity (Wildman–Crippen MR) is 74.1 cm³/mol. The van der Waals surface area contributed by atoms with E-state index in [4.69, 9.17) is 0 Å². The topological polar surface area (TPSA) is 75.4 Å². The van der Waals surface area contributed by atoms with Gasteiger partial charge in [0.15, 0.2) is 0 Å². The Bertz CT molecular complexity index is 499. The summed E-state index contributed by atoms with van der Waals surface area (Å²) in [5, 5.41) is 23.7. The molecule has 0 saturated heterocycles. The molecule has 1 aliphatic carbocycles. The number of benzene rings is 1. The molecule has 1 aliphatic rings. The summed E-state index contributed by atoms with van der Waals surface area (Å²) in [6, 6.07) is 3.45. The highest BCUT2D eigenvalue weighted by Gasteiger charge is 2.35. The standard InChI is InChI=1S/C14H19FN2O3/c1-10-4-6-14(9-18,7-5-10)16-12-3-2-11(15)8-13(12)17(19)20/h2-3,8,10,16,18H,4-7,9H2,1H3. The summed E-state index contributed by atoms with van der Waals surface area (Å²) in [5.74, 6) is -0.0442. The third-order valence-electron chi connectivity index (χ3n) is 4.09. The first kappa shape index (κ1) is 14.7. The second-order valence-corrected chi connectivity index (χ2v) is 5.66. The quantitative estimate of drug-likeness (QED) is 0.657. The Hall–Kier alpha value is -1.69. The zero-order chi connectivity index (χ0) is 14.8. The lowest BCUT2D eigenvalue weighted by Gasteiger charge is -2.39. The van der Waals surface area contributed by atoms with E-state index in [1.54, 1.807) is 0 Å². The van der Waals surface area contributed by atoms with Crippen LogP contribution >= 0.6 is 0 Å². The highest BCUT2D eigenvalue weighted by molar-refractivity contribution is 5.62. The summed E-state index contributed by atoms with van der Waals surface area (Å²) < 4.78 is 13.1. The largest absolute Gasteiger partial charge is 0.394 e. The van der Waals surface area contributed by atoms with E-state index < -0.39 is 16.3 Å². The summed E-state index contributed by atoms with van der Waals surface area (Å²) in [4.78, 5) is 10.4. The van der Waals surface area contributed by atoms with Gasteiger partial charge in [0.05, 0.1) is 23.1 Å².